The molecule has 1 aromatic heterocycles. The Labute approximate surface area is 161 Å². The summed E-state index contributed by atoms with van der Waals surface area (Å²) in [5.74, 6) is 1.42. The van der Waals surface area contributed by atoms with Crippen LogP contribution in [-0.4, -0.2) is 28.2 Å². The minimum absolute atomic E-state index is 0. The molecule has 0 bridgehead atoms. The Hall–Kier alpha value is 0.152. The van der Waals surface area contributed by atoms with Gasteiger partial charge in [-0.3, -0.25) is 0 Å². The van der Waals surface area contributed by atoms with Crippen molar-refractivity contribution in [2.45, 2.75) is 67.3 Å². The van der Waals surface area contributed by atoms with Crippen molar-refractivity contribution in [2.24, 2.45) is 5.41 Å². The van der Waals surface area contributed by atoms with E-state index < -0.39 is 0 Å². The molecule has 0 radical (unpaired) electrons. The van der Waals surface area contributed by atoms with Crippen LogP contribution >= 0.6 is 0 Å². The Morgan fingerprint density at radius 1 is 1.23 bits per heavy atom. The molecule has 4 nitrogen and oxygen atoms in total. The quantitative estimate of drug-likeness (QED) is 0.391. The molecular weight excluding hydrogens is 500 g/mol. The van der Waals surface area contributed by atoms with E-state index in [1.54, 1.807) is 0 Å². The molecule has 1 rings (SSSR count). The number of ether oxygens (including phenoxy) is 1. The fourth-order valence-corrected chi connectivity index (χ4v) is 1.38. The fraction of sp³-hybridized carbons (Fsp3) is 0.765. The summed E-state index contributed by atoms with van der Waals surface area (Å²) in [6.45, 7) is 19.0. The first-order valence-electron chi connectivity index (χ1n) is 7.77. The number of hydrogen-bond donors (Lipinski definition) is 0. The largest absolute Gasteiger partial charge is 2.00 e. The van der Waals surface area contributed by atoms with Crippen LogP contribution in [0.25, 0.3) is 0 Å². The molecule has 0 saturated heterocycles. The van der Waals surface area contributed by atoms with Gasteiger partial charge in [0.15, 0.2) is 0 Å². The van der Waals surface area contributed by atoms with E-state index in [9.17, 15) is 0 Å². The molecule has 22 heavy (non-hydrogen) atoms. The molecule has 0 aliphatic rings. The normalized spacial score (nSPS) is 10.9. The summed E-state index contributed by atoms with van der Waals surface area (Å²) in [7, 11) is 0. The number of aromatic nitrogens is 3. The number of hydrogen-bond acceptors (Lipinski definition) is 3. The van der Waals surface area contributed by atoms with E-state index in [4.69, 9.17) is 4.74 Å². The molecular formula is C17H33N3OU. The van der Waals surface area contributed by atoms with Gasteiger partial charge in [0.1, 0.15) is 0 Å². The van der Waals surface area contributed by atoms with Crippen LogP contribution in [-0.2, 0) is 17.7 Å². The molecule has 0 fully saturated rings. The second-order valence-electron chi connectivity index (χ2n) is 7.00. The Kier molecular flexibility index (Phi) is 15.1. The van der Waals surface area contributed by atoms with Crippen LogP contribution in [0.2, 0.25) is 0 Å². The van der Waals surface area contributed by atoms with Gasteiger partial charge in [-0.25, -0.2) is 4.68 Å². The molecule has 0 aromatic carbocycles. The summed E-state index contributed by atoms with van der Waals surface area (Å²) in [4.78, 5) is 0. The van der Waals surface area contributed by atoms with Gasteiger partial charge in [-0.2, -0.15) is 27.2 Å². The molecule has 0 atom stereocenters. The van der Waals surface area contributed by atoms with Crippen molar-refractivity contribution in [1.29, 1.82) is 0 Å². The average molecular weight is 534 g/mol. The van der Waals surface area contributed by atoms with Crippen molar-refractivity contribution in [3.05, 3.63) is 24.7 Å². The van der Waals surface area contributed by atoms with Gasteiger partial charge in [0.05, 0.1) is 18.8 Å². The summed E-state index contributed by atoms with van der Waals surface area (Å²) < 4.78 is 7.42. The van der Waals surface area contributed by atoms with Crippen LogP contribution in [0.15, 0.2) is 6.20 Å². The first-order chi connectivity index (χ1) is 9.74. The van der Waals surface area contributed by atoms with E-state index in [0.29, 0.717) is 12.0 Å². The maximum atomic E-state index is 5.58. The fourth-order valence-electron chi connectivity index (χ4n) is 1.38. The minimum atomic E-state index is 0. The number of aryl methyl sites for hydroxylation is 1. The molecule has 0 N–H and O–H groups in total. The van der Waals surface area contributed by atoms with E-state index in [-0.39, 0.29) is 31.1 Å². The smallest absolute Gasteiger partial charge is 0.380 e. The standard InChI is InChI=1S/C13H24N3O.C4H9.U/c1-5-6-12-11-16(15-14-12)8-10-17-9-7-13(2,3)4;1-4(2)3;/h11H,1,5-10H2,2-4H3;1-3H3;/q2*-1;+2. The van der Waals surface area contributed by atoms with E-state index in [2.05, 4.69) is 58.8 Å². The van der Waals surface area contributed by atoms with Crippen LogP contribution in [0.1, 0.15) is 60.1 Å². The van der Waals surface area contributed by atoms with E-state index in [1.165, 1.54) is 5.92 Å². The summed E-state index contributed by atoms with van der Waals surface area (Å²) in [6.07, 6.45) is 4.81. The topological polar surface area (TPSA) is 39.9 Å². The molecule has 0 spiro atoms. The van der Waals surface area contributed by atoms with E-state index in [1.807, 2.05) is 10.9 Å². The van der Waals surface area contributed by atoms with E-state index >= 15 is 0 Å². The van der Waals surface area contributed by atoms with Crippen LogP contribution in [0, 0.1) is 49.4 Å². The van der Waals surface area contributed by atoms with Crippen molar-refractivity contribution in [3.63, 3.8) is 0 Å². The third kappa shape index (κ3) is 16.5. The van der Waals surface area contributed by atoms with E-state index in [0.717, 1.165) is 38.1 Å². The molecule has 0 aliphatic heterocycles. The maximum absolute atomic E-state index is 5.58. The Balaban J connectivity index is 0. The van der Waals surface area contributed by atoms with Crippen molar-refractivity contribution in [3.8, 4) is 0 Å². The van der Waals surface area contributed by atoms with Gasteiger partial charge in [-0.05, 0) is 18.3 Å². The Morgan fingerprint density at radius 3 is 2.32 bits per heavy atom. The first kappa shape index (κ1) is 24.4. The second-order valence-corrected chi connectivity index (χ2v) is 7.00. The van der Waals surface area contributed by atoms with Crippen molar-refractivity contribution in [2.75, 3.05) is 13.2 Å². The molecule has 1 heterocycles. The van der Waals surface area contributed by atoms with Crippen LogP contribution in [0.4, 0.5) is 0 Å². The average Bonchev–Trinajstić information content (AvgIpc) is 2.75. The second kappa shape index (κ2) is 13.6. The van der Waals surface area contributed by atoms with Gasteiger partial charge in [-0.1, -0.05) is 26.0 Å². The third-order valence-corrected chi connectivity index (χ3v) is 2.48. The molecule has 5 heteroatoms. The zero-order chi connectivity index (χ0) is 16.3. The van der Waals surface area contributed by atoms with Gasteiger partial charge in [0, 0.05) is 12.8 Å². The zero-order valence-corrected chi connectivity index (χ0v) is 19.4. The third-order valence-electron chi connectivity index (χ3n) is 2.48. The van der Waals surface area contributed by atoms with Crippen molar-refractivity contribution in [1.82, 2.24) is 15.0 Å². The molecule has 0 aliphatic carbocycles. The Bertz CT molecular complexity index is 356. The predicted octanol–water partition coefficient (Wildman–Crippen LogP) is 4.12. The predicted molar refractivity (Wildman–Crippen MR) is 88.9 cm³/mol. The molecule has 0 amide bonds. The molecule has 1 aromatic rings. The number of nitrogens with zero attached hydrogens (tertiary/aromatic N) is 3. The first-order valence-corrected chi connectivity index (χ1v) is 7.77. The van der Waals surface area contributed by atoms with Crippen LogP contribution < -0.4 is 0 Å². The zero-order valence-electron chi connectivity index (χ0n) is 15.3. The van der Waals surface area contributed by atoms with Crippen molar-refractivity contribution < 1.29 is 35.9 Å². The monoisotopic (exact) mass is 533 g/mol. The van der Waals surface area contributed by atoms with Gasteiger partial charge in [0.25, 0.3) is 0 Å². The number of rotatable bonds is 7. The van der Waals surface area contributed by atoms with Gasteiger partial charge in [0.2, 0.25) is 0 Å². The molecule has 126 valence electrons. The van der Waals surface area contributed by atoms with Gasteiger partial charge < -0.3 is 17.6 Å². The molecule has 0 saturated carbocycles. The summed E-state index contributed by atoms with van der Waals surface area (Å²) in [5, 5.41) is 8.10. The Morgan fingerprint density at radius 2 is 1.82 bits per heavy atom. The molecule has 0 unspecified atom stereocenters. The summed E-state index contributed by atoms with van der Waals surface area (Å²) in [5.41, 5.74) is 1.35. The minimum Gasteiger partial charge on any atom is -0.380 e. The van der Waals surface area contributed by atoms with Gasteiger partial charge >= 0.3 is 31.1 Å². The van der Waals surface area contributed by atoms with Crippen LogP contribution in [0.5, 0.6) is 0 Å². The van der Waals surface area contributed by atoms with Crippen molar-refractivity contribution >= 4 is 0 Å². The van der Waals surface area contributed by atoms with Gasteiger partial charge in [-0.15, -0.1) is 5.10 Å². The summed E-state index contributed by atoms with van der Waals surface area (Å²) >= 11 is 0. The maximum Gasteiger partial charge on any atom is 2.00 e. The summed E-state index contributed by atoms with van der Waals surface area (Å²) in [6, 6.07) is 0. The van der Waals surface area contributed by atoms with Crippen LogP contribution in [0.3, 0.4) is 0 Å². The SMILES string of the molecule is C[C-](C)C.[CH2-]CCc1cn(CCOCCC(C)(C)C)nn1.[U+2].